The van der Waals surface area contributed by atoms with Crippen molar-refractivity contribution < 1.29 is 19.1 Å². The molecule has 3 atom stereocenters. The summed E-state index contributed by atoms with van der Waals surface area (Å²) in [7, 11) is 1.41. The van der Waals surface area contributed by atoms with Crippen LogP contribution in [0, 0.1) is 5.92 Å². The lowest BCUT2D eigenvalue weighted by Gasteiger charge is -2.46. The zero-order valence-corrected chi connectivity index (χ0v) is 14.1. The minimum absolute atomic E-state index is 0.183. The summed E-state index contributed by atoms with van der Waals surface area (Å²) in [5.74, 6) is -0.707. The van der Waals surface area contributed by atoms with Crippen molar-refractivity contribution >= 4 is 11.9 Å². The van der Waals surface area contributed by atoms with Crippen LogP contribution in [0.4, 0.5) is 0 Å². The fourth-order valence-electron chi connectivity index (χ4n) is 3.77. The van der Waals surface area contributed by atoms with Gasteiger partial charge < -0.3 is 14.8 Å². The lowest BCUT2D eigenvalue weighted by Crippen LogP contribution is -2.59. The van der Waals surface area contributed by atoms with E-state index in [1.807, 2.05) is 43.3 Å². The molecule has 0 spiro atoms. The molecule has 5 nitrogen and oxygen atoms in total. The Balaban J connectivity index is 1.71. The molecule has 128 valence electrons. The van der Waals surface area contributed by atoms with Crippen LogP contribution in [-0.4, -0.2) is 30.6 Å². The minimum atomic E-state index is -0.548. The van der Waals surface area contributed by atoms with Crippen LogP contribution in [0.3, 0.4) is 0 Å². The molecule has 24 heavy (non-hydrogen) atoms. The fraction of sp³-hybridized carbons (Fsp3) is 0.474. The third-order valence-corrected chi connectivity index (χ3v) is 4.91. The minimum Gasteiger partial charge on any atom is -0.469 e. The number of hydrogen-bond donors (Lipinski definition) is 1. The molecule has 3 rings (SSSR count). The maximum Gasteiger partial charge on any atom is 0.335 e. The predicted molar refractivity (Wildman–Crippen MR) is 89.0 cm³/mol. The van der Waals surface area contributed by atoms with Crippen molar-refractivity contribution in [2.75, 3.05) is 7.11 Å². The van der Waals surface area contributed by atoms with Crippen molar-refractivity contribution in [3.8, 4) is 0 Å². The van der Waals surface area contributed by atoms with E-state index in [1.54, 1.807) is 0 Å². The molecular weight excluding hydrogens is 306 g/mol. The van der Waals surface area contributed by atoms with Crippen molar-refractivity contribution in [1.82, 2.24) is 5.32 Å². The molecule has 0 aromatic heterocycles. The molecule has 0 amide bonds. The standard InChI is InChI=1S/C19H23NO4/c1-19-11-14(17(21)23-2)10-15(20-19)8-9-16(19)18(22)24-12-13-6-4-3-5-7-13/h3-7,9,14-15,20H,8,10-12H2,1-2H3. The molecular formula is C19H23NO4. The average Bonchev–Trinajstić information content (AvgIpc) is 2.59. The lowest BCUT2D eigenvalue weighted by molar-refractivity contribution is -0.149. The molecule has 5 heteroatoms. The number of piperidine rings is 1. The zero-order valence-electron chi connectivity index (χ0n) is 14.1. The highest BCUT2D eigenvalue weighted by Gasteiger charge is 2.46. The van der Waals surface area contributed by atoms with Crippen LogP contribution in [0.2, 0.25) is 0 Å². The second-order valence-corrected chi connectivity index (χ2v) is 6.75. The van der Waals surface area contributed by atoms with Gasteiger partial charge in [-0.1, -0.05) is 36.4 Å². The topological polar surface area (TPSA) is 64.6 Å². The van der Waals surface area contributed by atoms with Gasteiger partial charge in [0.15, 0.2) is 0 Å². The van der Waals surface area contributed by atoms with Crippen molar-refractivity contribution in [1.29, 1.82) is 0 Å². The quantitative estimate of drug-likeness (QED) is 0.859. The number of benzene rings is 1. The third-order valence-electron chi connectivity index (χ3n) is 4.91. The van der Waals surface area contributed by atoms with Crippen LogP contribution in [0.5, 0.6) is 0 Å². The molecule has 3 unspecified atom stereocenters. The Morgan fingerprint density at radius 3 is 2.75 bits per heavy atom. The van der Waals surface area contributed by atoms with Gasteiger partial charge >= 0.3 is 11.9 Å². The fourth-order valence-corrected chi connectivity index (χ4v) is 3.77. The van der Waals surface area contributed by atoms with Crippen molar-refractivity contribution in [3.05, 3.63) is 47.5 Å². The van der Waals surface area contributed by atoms with Crippen LogP contribution < -0.4 is 5.32 Å². The largest absolute Gasteiger partial charge is 0.469 e. The number of methoxy groups -OCH3 is 1. The maximum atomic E-state index is 12.6. The molecule has 2 heterocycles. The van der Waals surface area contributed by atoms with Gasteiger partial charge in [-0.2, -0.15) is 0 Å². The molecule has 1 aromatic carbocycles. The number of carbonyl (C=O) groups excluding carboxylic acids is 2. The van der Waals surface area contributed by atoms with E-state index in [0.29, 0.717) is 12.0 Å². The smallest absolute Gasteiger partial charge is 0.335 e. The van der Waals surface area contributed by atoms with Crippen LogP contribution >= 0.6 is 0 Å². The molecule has 1 saturated heterocycles. The Hall–Kier alpha value is -2.14. The van der Waals surface area contributed by atoms with E-state index in [0.717, 1.165) is 18.4 Å². The lowest BCUT2D eigenvalue weighted by atomic mass is 9.72. The Bertz CT molecular complexity index is 655. The van der Waals surface area contributed by atoms with Crippen molar-refractivity contribution in [3.63, 3.8) is 0 Å². The van der Waals surface area contributed by atoms with Gasteiger partial charge in [-0.05, 0) is 31.7 Å². The summed E-state index contributed by atoms with van der Waals surface area (Å²) < 4.78 is 10.4. The van der Waals surface area contributed by atoms with Gasteiger partial charge in [-0.25, -0.2) is 4.79 Å². The summed E-state index contributed by atoms with van der Waals surface area (Å²) in [5, 5.41) is 3.49. The van der Waals surface area contributed by atoms with Crippen LogP contribution in [0.1, 0.15) is 31.7 Å². The van der Waals surface area contributed by atoms with E-state index >= 15 is 0 Å². The molecule has 2 bridgehead atoms. The zero-order chi connectivity index (χ0) is 17.2. The third kappa shape index (κ3) is 3.36. The summed E-state index contributed by atoms with van der Waals surface area (Å²) in [4.78, 5) is 24.5. The molecule has 1 fully saturated rings. The molecule has 2 aliphatic heterocycles. The van der Waals surface area contributed by atoms with E-state index in [9.17, 15) is 9.59 Å². The Labute approximate surface area is 142 Å². The summed E-state index contributed by atoms with van der Waals surface area (Å²) in [6.07, 6.45) is 3.97. The summed E-state index contributed by atoms with van der Waals surface area (Å²) in [6.45, 7) is 2.21. The van der Waals surface area contributed by atoms with Gasteiger partial charge in [0, 0.05) is 11.6 Å². The molecule has 0 saturated carbocycles. The number of rotatable bonds is 4. The van der Waals surface area contributed by atoms with Crippen molar-refractivity contribution in [2.45, 2.75) is 44.4 Å². The predicted octanol–water partition coefficient (Wildman–Crippen LogP) is 2.36. The highest BCUT2D eigenvalue weighted by atomic mass is 16.5. The van der Waals surface area contributed by atoms with Crippen LogP contribution in [0.15, 0.2) is 42.0 Å². The van der Waals surface area contributed by atoms with Gasteiger partial charge in [0.1, 0.15) is 6.61 Å². The number of ether oxygens (including phenoxy) is 2. The first-order valence-corrected chi connectivity index (χ1v) is 8.29. The second kappa shape index (κ2) is 6.77. The maximum absolute atomic E-state index is 12.6. The first kappa shape index (κ1) is 16.7. The SMILES string of the molecule is COC(=O)C1CC2CC=C(C(=O)OCc3ccccc3)C(C)(C1)N2. The molecule has 1 N–H and O–H groups in total. The second-order valence-electron chi connectivity index (χ2n) is 6.75. The highest BCUT2D eigenvalue weighted by molar-refractivity contribution is 5.91. The average molecular weight is 329 g/mol. The van der Waals surface area contributed by atoms with Crippen molar-refractivity contribution in [2.24, 2.45) is 5.92 Å². The van der Waals surface area contributed by atoms with E-state index < -0.39 is 5.54 Å². The Morgan fingerprint density at radius 1 is 1.29 bits per heavy atom. The van der Waals surface area contributed by atoms with Crippen LogP contribution in [0.25, 0.3) is 0 Å². The van der Waals surface area contributed by atoms with Gasteiger partial charge in [-0.3, -0.25) is 4.79 Å². The van der Waals surface area contributed by atoms with Gasteiger partial charge in [0.2, 0.25) is 0 Å². The highest BCUT2D eigenvalue weighted by Crippen LogP contribution is 2.38. The summed E-state index contributed by atoms with van der Waals surface area (Å²) >= 11 is 0. The van der Waals surface area contributed by atoms with E-state index in [-0.39, 0.29) is 30.5 Å². The van der Waals surface area contributed by atoms with E-state index in [4.69, 9.17) is 9.47 Å². The Kier molecular flexibility index (Phi) is 4.71. The first-order valence-electron chi connectivity index (χ1n) is 8.29. The van der Waals surface area contributed by atoms with E-state index in [1.165, 1.54) is 7.11 Å². The monoisotopic (exact) mass is 329 g/mol. The number of hydrogen-bond acceptors (Lipinski definition) is 5. The van der Waals surface area contributed by atoms with E-state index in [2.05, 4.69) is 5.32 Å². The number of fused-ring (bicyclic) bond motifs is 2. The van der Waals surface area contributed by atoms with Gasteiger partial charge in [0.25, 0.3) is 0 Å². The molecule has 1 aromatic rings. The van der Waals surface area contributed by atoms with Gasteiger partial charge in [-0.15, -0.1) is 0 Å². The molecule has 0 radical (unpaired) electrons. The Morgan fingerprint density at radius 2 is 2.04 bits per heavy atom. The number of nitrogens with one attached hydrogen (secondary N) is 1. The number of esters is 2. The number of carbonyl (C=O) groups is 2. The normalized spacial score (nSPS) is 28.7. The van der Waals surface area contributed by atoms with Crippen LogP contribution in [-0.2, 0) is 25.7 Å². The van der Waals surface area contributed by atoms with Gasteiger partial charge in [0.05, 0.1) is 18.6 Å². The summed E-state index contributed by atoms with van der Waals surface area (Å²) in [6, 6.07) is 9.80. The molecule has 0 aliphatic carbocycles. The summed E-state index contributed by atoms with van der Waals surface area (Å²) in [5.41, 5.74) is 1.02. The molecule has 2 aliphatic rings. The first-order chi connectivity index (χ1) is 11.5.